The van der Waals surface area contributed by atoms with Gasteiger partial charge in [0.1, 0.15) is 0 Å². The number of carboxylic acids is 2. The third-order valence-corrected chi connectivity index (χ3v) is 2.63. The zero-order valence-corrected chi connectivity index (χ0v) is 13.1. The molecule has 1 aromatic rings. The maximum absolute atomic E-state index is 10.5. The average Bonchev–Trinajstić information content (AvgIpc) is 2.51. The van der Waals surface area contributed by atoms with Crippen molar-refractivity contribution in [1.82, 2.24) is 0 Å². The highest BCUT2D eigenvalue weighted by Crippen LogP contribution is 2.07. The summed E-state index contributed by atoms with van der Waals surface area (Å²) in [5, 5.41) is 17.1. The molecule has 6 nitrogen and oxygen atoms in total. The number of unbranched alkanes of at least 4 members (excludes halogenated alkanes) is 2. The monoisotopic (exact) mass is 312 g/mol. The highest BCUT2D eigenvalue weighted by atomic mass is 17.2. The van der Waals surface area contributed by atoms with Crippen LogP contribution in [0.3, 0.4) is 0 Å². The first-order chi connectivity index (χ1) is 10.5. The largest absolute Gasteiger partial charge is 0.478 e. The maximum Gasteiger partial charge on any atom is 0.336 e. The normalized spacial score (nSPS) is 9.73. The van der Waals surface area contributed by atoms with Gasteiger partial charge in [-0.15, -0.1) is 0 Å². The fraction of sp³-hybridized carbons (Fsp3) is 0.500. The lowest BCUT2D eigenvalue weighted by molar-refractivity contribution is -0.295. The molecule has 22 heavy (non-hydrogen) atoms. The van der Waals surface area contributed by atoms with E-state index in [9.17, 15) is 9.59 Å². The molecule has 0 atom stereocenters. The van der Waals surface area contributed by atoms with Gasteiger partial charge in [-0.05, 0) is 25.0 Å². The first-order valence-corrected chi connectivity index (χ1v) is 7.34. The van der Waals surface area contributed by atoms with Crippen LogP contribution >= 0.6 is 0 Å². The van der Waals surface area contributed by atoms with E-state index in [1.807, 2.05) is 0 Å². The van der Waals surface area contributed by atoms with Gasteiger partial charge in [-0.1, -0.05) is 38.8 Å². The van der Waals surface area contributed by atoms with Crippen molar-refractivity contribution < 1.29 is 29.6 Å². The van der Waals surface area contributed by atoms with Crippen molar-refractivity contribution in [2.24, 2.45) is 0 Å². The molecule has 0 saturated carbocycles. The lowest BCUT2D eigenvalue weighted by atomic mass is 10.1. The molecule has 0 unspecified atom stereocenters. The second-order valence-corrected chi connectivity index (χ2v) is 4.51. The van der Waals surface area contributed by atoms with Gasteiger partial charge in [0.25, 0.3) is 0 Å². The van der Waals surface area contributed by atoms with Gasteiger partial charge in [-0.2, -0.15) is 0 Å². The third-order valence-electron chi connectivity index (χ3n) is 2.63. The molecule has 0 spiro atoms. The first kappa shape index (κ1) is 20.1. The second-order valence-electron chi connectivity index (χ2n) is 4.51. The average molecular weight is 312 g/mol. The molecule has 0 aromatic heterocycles. The summed E-state index contributed by atoms with van der Waals surface area (Å²) >= 11 is 0. The predicted molar refractivity (Wildman–Crippen MR) is 82.1 cm³/mol. The summed E-state index contributed by atoms with van der Waals surface area (Å²) < 4.78 is 0. The van der Waals surface area contributed by atoms with Crippen molar-refractivity contribution in [1.29, 1.82) is 0 Å². The molecule has 0 radical (unpaired) electrons. The summed E-state index contributed by atoms with van der Waals surface area (Å²) in [6, 6.07) is 5.48. The van der Waals surface area contributed by atoms with E-state index in [0.717, 1.165) is 38.9 Å². The van der Waals surface area contributed by atoms with Gasteiger partial charge in [0.05, 0.1) is 24.3 Å². The fourth-order valence-corrected chi connectivity index (χ4v) is 1.38. The van der Waals surface area contributed by atoms with E-state index in [1.54, 1.807) is 0 Å². The van der Waals surface area contributed by atoms with Gasteiger partial charge in [0.15, 0.2) is 0 Å². The molecule has 1 rings (SSSR count). The molecule has 6 heteroatoms. The van der Waals surface area contributed by atoms with Crippen molar-refractivity contribution in [3.63, 3.8) is 0 Å². The highest BCUT2D eigenvalue weighted by molar-refractivity contribution is 6.01. The van der Waals surface area contributed by atoms with Crippen LogP contribution in [0.25, 0.3) is 0 Å². The topological polar surface area (TPSA) is 93.1 Å². The molecule has 0 heterocycles. The summed E-state index contributed by atoms with van der Waals surface area (Å²) in [5.74, 6) is -2.46. The Morgan fingerprint density at radius 3 is 1.50 bits per heavy atom. The van der Waals surface area contributed by atoms with Gasteiger partial charge < -0.3 is 10.2 Å². The van der Waals surface area contributed by atoms with Crippen molar-refractivity contribution in [2.75, 3.05) is 13.2 Å². The summed E-state index contributed by atoms with van der Waals surface area (Å²) in [6.07, 6.45) is 4.51. The highest BCUT2D eigenvalue weighted by Gasteiger charge is 2.13. The third kappa shape index (κ3) is 9.10. The Morgan fingerprint density at radius 1 is 0.864 bits per heavy atom. The Bertz CT molecular complexity index is 403. The summed E-state index contributed by atoms with van der Waals surface area (Å²) in [5.41, 5.74) is -0.380. The van der Waals surface area contributed by atoms with Gasteiger partial charge in [-0.3, -0.25) is 0 Å². The maximum atomic E-state index is 10.5. The Balaban J connectivity index is 0.000000409. The van der Waals surface area contributed by atoms with Gasteiger partial charge in [0.2, 0.25) is 0 Å². The molecular weight excluding hydrogens is 288 g/mol. The number of benzene rings is 1. The minimum absolute atomic E-state index is 0.190. The first-order valence-electron chi connectivity index (χ1n) is 7.34. The zero-order chi connectivity index (χ0) is 16.8. The minimum atomic E-state index is -1.23. The van der Waals surface area contributed by atoms with Crippen LogP contribution in [0.1, 0.15) is 60.2 Å². The molecule has 124 valence electrons. The van der Waals surface area contributed by atoms with E-state index < -0.39 is 11.9 Å². The van der Waals surface area contributed by atoms with Crippen molar-refractivity contribution >= 4 is 11.9 Å². The quantitative estimate of drug-likeness (QED) is 0.411. The van der Waals surface area contributed by atoms with E-state index in [1.165, 1.54) is 24.3 Å². The fourth-order valence-electron chi connectivity index (χ4n) is 1.38. The number of aromatic carboxylic acids is 2. The SMILES string of the molecule is CCCCOOCCCC.O=C(O)c1ccccc1C(=O)O. The van der Waals surface area contributed by atoms with Crippen molar-refractivity contribution in [3.8, 4) is 0 Å². The van der Waals surface area contributed by atoms with Crippen LogP contribution in [-0.2, 0) is 9.78 Å². The van der Waals surface area contributed by atoms with Crippen molar-refractivity contribution in [3.05, 3.63) is 35.4 Å². The molecule has 0 amide bonds. The van der Waals surface area contributed by atoms with E-state index >= 15 is 0 Å². The molecular formula is C16H24O6. The summed E-state index contributed by atoms with van der Waals surface area (Å²) in [6.45, 7) is 5.74. The van der Waals surface area contributed by atoms with Gasteiger partial charge in [-0.25, -0.2) is 19.4 Å². The number of carboxylic acid groups (broad SMARTS) is 2. The standard InChI is InChI=1S/C8H6O4.C8H18O2/c9-7(10)5-3-1-2-4-6(5)8(11)12;1-3-5-7-9-10-8-6-4-2/h1-4H,(H,9,10)(H,11,12);3-8H2,1-2H3. The summed E-state index contributed by atoms with van der Waals surface area (Å²) in [7, 11) is 0. The molecule has 0 aliphatic carbocycles. The van der Waals surface area contributed by atoms with Crippen LogP contribution in [0.2, 0.25) is 0 Å². The minimum Gasteiger partial charge on any atom is -0.478 e. The number of carbonyl (C=O) groups is 2. The Hall–Kier alpha value is -1.92. The number of hydrogen-bond donors (Lipinski definition) is 2. The molecule has 0 saturated heterocycles. The van der Waals surface area contributed by atoms with E-state index in [2.05, 4.69) is 13.8 Å². The summed E-state index contributed by atoms with van der Waals surface area (Å²) in [4.78, 5) is 30.7. The lowest BCUT2D eigenvalue weighted by Gasteiger charge is -2.00. The van der Waals surface area contributed by atoms with Gasteiger partial charge >= 0.3 is 11.9 Å². The van der Waals surface area contributed by atoms with Crippen molar-refractivity contribution in [2.45, 2.75) is 39.5 Å². The van der Waals surface area contributed by atoms with Crippen LogP contribution in [-0.4, -0.2) is 35.4 Å². The van der Waals surface area contributed by atoms with Gasteiger partial charge in [0, 0.05) is 0 Å². The smallest absolute Gasteiger partial charge is 0.336 e. The van der Waals surface area contributed by atoms with Crippen LogP contribution in [0.5, 0.6) is 0 Å². The number of hydrogen-bond acceptors (Lipinski definition) is 4. The number of rotatable bonds is 9. The van der Waals surface area contributed by atoms with Crippen LogP contribution in [0, 0.1) is 0 Å². The molecule has 0 bridgehead atoms. The van der Waals surface area contributed by atoms with E-state index in [4.69, 9.17) is 20.0 Å². The molecule has 1 aromatic carbocycles. The Morgan fingerprint density at radius 2 is 1.23 bits per heavy atom. The van der Waals surface area contributed by atoms with E-state index in [0.29, 0.717) is 0 Å². The lowest BCUT2D eigenvalue weighted by Crippen LogP contribution is -2.06. The second kappa shape index (κ2) is 12.8. The molecule has 2 N–H and O–H groups in total. The van der Waals surface area contributed by atoms with E-state index in [-0.39, 0.29) is 11.1 Å². The molecule has 0 fully saturated rings. The van der Waals surface area contributed by atoms with Crippen LogP contribution in [0.15, 0.2) is 24.3 Å². The molecule has 0 aliphatic rings. The Labute approximate surface area is 130 Å². The zero-order valence-electron chi connectivity index (χ0n) is 13.1. The Kier molecular flexibility index (Phi) is 11.7. The molecule has 0 aliphatic heterocycles. The van der Waals surface area contributed by atoms with Crippen LogP contribution in [0.4, 0.5) is 0 Å². The predicted octanol–water partition coefficient (Wildman–Crippen LogP) is 3.62. The van der Waals surface area contributed by atoms with Crippen LogP contribution < -0.4 is 0 Å².